The SMILES string of the molecule is CCCP(CCC)Cc1cccc2c1Nc1c(cccc1CP(CCC)CCC)C2. The van der Waals surface area contributed by atoms with E-state index in [4.69, 9.17) is 0 Å². The Labute approximate surface area is 188 Å². The molecule has 0 aliphatic carbocycles. The van der Waals surface area contributed by atoms with Crippen LogP contribution in [0.15, 0.2) is 36.4 Å². The van der Waals surface area contributed by atoms with E-state index in [1.54, 1.807) is 11.1 Å². The van der Waals surface area contributed by atoms with Crippen molar-refractivity contribution in [1.82, 2.24) is 0 Å². The molecule has 0 fully saturated rings. The summed E-state index contributed by atoms with van der Waals surface area (Å²) in [5, 5.41) is 3.98. The van der Waals surface area contributed by atoms with Gasteiger partial charge in [-0.1, -0.05) is 89.8 Å². The third-order valence-corrected chi connectivity index (χ3v) is 11.9. The van der Waals surface area contributed by atoms with E-state index < -0.39 is 0 Å². The van der Waals surface area contributed by atoms with Gasteiger partial charge in [-0.05, 0) is 59.2 Å². The molecule has 2 aromatic carbocycles. The maximum Gasteiger partial charge on any atom is 0.0456 e. The second-order valence-corrected chi connectivity index (χ2v) is 13.9. The first kappa shape index (κ1) is 23.8. The minimum atomic E-state index is 0.112. The van der Waals surface area contributed by atoms with Gasteiger partial charge in [-0.2, -0.15) is 0 Å². The minimum Gasteiger partial charge on any atom is -0.355 e. The third-order valence-electron chi connectivity index (χ3n) is 6.05. The van der Waals surface area contributed by atoms with E-state index >= 15 is 0 Å². The number of nitrogens with one attached hydrogen (secondary N) is 1. The number of hydrogen-bond acceptors (Lipinski definition) is 1. The summed E-state index contributed by atoms with van der Waals surface area (Å²) in [6, 6.07) is 14.0. The highest BCUT2D eigenvalue weighted by Crippen LogP contribution is 2.47. The molecule has 30 heavy (non-hydrogen) atoms. The van der Waals surface area contributed by atoms with Crippen molar-refractivity contribution in [3.8, 4) is 0 Å². The van der Waals surface area contributed by atoms with Crippen LogP contribution in [-0.2, 0) is 18.7 Å². The molecule has 0 radical (unpaired) electrons. The zero-order chi connectivity index (χ0) is 21.3. The molecule has 1 aliphatic heterocycles. The Hall–Kier alpha value is -0.900. The average molecular weight is 442 g/mol. The first-order valence-electron chi connectivity index (χ1n) is 12.1. The van der Waals surface area contributed by atoms with Crippen LogP contribution in [0.3, 0.4) is 0 Å². The standard InChI is InChI=1S/C27H41NP2/c1-5-15-29(16-6-2)20-24-13-9-11-22-19-23-12-10-14-25(27(23)28-26(22)24)21-30(17-7-3)18-8-4/h9-14,28H,5-8,15-21H2,1-4H3. The van der Waals surface area contributed by atoms with E-state index in [-0.39, 0.29) is 15.8 Å². The lowest BCUT2D eigenvalue weighted by Gasteiger charge is -2.28. The molecule has 0 amide bonds. The van der Waals surface area contributed by atoms with E-state index in [2.05, 4.69) is 69.4 Å². The number of para-hydroxylation sites is 2. The summed E-state index contributed by atoms with van der Waals surface area (Å²) in [5.74, 6) is 0. The number of anilines is 2. The molecule has 0 saturated carbocycles. The minimum absolute atomic E-state index is 0.112. The highest BCUT2D eigenvalue weighted by Gasteiger charge is 2.22. The van der Waals surface area contributed by atoms with E-state index in [0.717, 1.165) is 6.42 Å². The number of fused-ring (bicyclic) bond motifs is 2. The third kappa shape index (κ3) is 6.08. The summed E-state index contributed by atoms with van der Waals surface area (Å²) in [4.78, 5) is 0. The van der Waals surface area contributed by atoms with E-state index in [1.807, 2.05) is 0 Å². The Morgan fingerprint density at radius 3 is 1.40 bits per heavy atom. The van der Waals surface area contributed by atoms with Crippen molar-refractivity contribution in [3.63, 3.8) is 0 Å². The molecule has 0 aromatic heterocycles. The van der Waals surface area contributed by atoms with Gasteiger partial charge in [0, 0.05) is 17.8 Å². The molecule has 0 unspecified atom stereocenters. The first-order chi connectivity index (χ1) is 14.7. The molecule has 164 valence electrons. The molecule has 3 heteroatoms. The van der Waals surface area contributed by atoms with Crippen molar-refractivity contribution in [3.05, 3.63) is 58.7 Å². The van der Waals surface area contributed by atoms with Gasteiger partial charge in [-0.3, -0.25) is 0 Å². The second kappa shape index (κ2) is 12.2. The van der Waals surface area contributed by atoms with Crippen LogP contribution in [0.4, 0.5) is 11.4 Å². The lowest BCUT2D eigenvalue weighted by atomic mass is 9.93. The van der Waals surface area contributed by atoms with Crippen LogP contribution in [0.5, 0.6) is 0 Å². The van der Waals surface area contributed by atoms with Crippen LogP contribution in [-0.4, -0.2) is 24.6 Å². The van der Waals surface area contributed by atoms with Gasteiger partial charge < -0.3 is 5.32 Å². The second-order valence-electron chi connectivity index (χ2n) is 8.76. The summed E-state index contributed by atoms with van der Waals surface area (Å²) >= 11 is 0. The maximum atomic E-state index is 3.98. The fraction of sp³-hybridized carbons (Fsp3) is 0.556. The van der Waals surface area contributed by atoms with Crippen LogP contribution in [0.2, 0.25) is 0 Å². The molecule has 0 spiro atoms. The Morgan fingerprint density at radius 1 is 0.633 bits per heavy atom. The number of hydrogen-bond donors (Lipinski definition) is 1. The van der Waals surface area contributed by atoms with E-state index in [0.29, 0.717) is 0 Å². The van der Waals surface area contributed by atoms with Gasteiger partial charge in [-0.15, -0.1) is 15.8 Å². The molecule has 1 N–H and O–H groups in total. The Balaban J connectivity index is 1.86. The predicted molar refractivity (Wildman–Crippen MR) is 141 cm³/mol. The van der Waals surface area contributed by atoms with Gasteiger partial charge in [0.1, 0.15) is 0 Å². The quantitative estimate of drug-likeness (QED) is 0.277. The summed E-state index contributed by atoms with van der Waals surface area (Å²) in [6.07, 6.45) is 14.6. The van der Waals surface area contributed by atoms with Gasteiger partial charge in [0.05, 0.1) is 0 Å². The zero-order valence-corrected chi connectivity index (χ0v) is 21.4. The largest absolute Gasteiger partial charge is 0.355 e. The molecule has 2 aromatic rings. The van der Waals surface area contributed by atoms with E-state index in [1.165, 1.54) is 85.2 Å². The van der Waals surface area contributed by atoms with Crippen LogP contribution >= 0.6 is 15.8 Å². The topological polar surface area (TPSA) is 12.0 Å². The molecule has 0 bridgehead atoms. The van der Waals surface area contributed by atoms with Crippen LogP contribution in [0.1, 0.15) is 75.6 Å². The smallest absolute Gasteiger partial charge is 0.0456 e. The lowest BCUT2D eigenvalue weighted by Crippen LogP contribution is -2.12. The van der Waals surface area contributed by atoms with Crippen molar-refractivity contribution < 1.29 is 0 Å². The Bertz CT molecular complexity index is 724. The molecule has 1 nitrogen and oxygen atoms in total. The predicted octanol–water partition coefficient (Wildman–Crippen LogP) is 8.94. The normalized spacial score (nSPS) is 12.7. The highest BCUT2D eigenvalue weighted by atomic mass is 31.1. The molecule has 0 saturated heterocycles. The summed E-state index contributed by atoms with van der Waals surface area (Å²) in [7, 11) is 0.224. The Morgan fingerprint density at radius 2 is 1.03 bits per heavy atom. The van der Waals surface area contributed by atoms with E-state index in [9.17, 15) is 0 Å². The molecular weight excluding hydrogens is 400 g/mol. The van der Waals surface area contributed by atoms with Crippen LogP contribution in [0.25, 0.3) is 0 Å². The van der Waals surface area contributed by atoms with Gasteiger partial charge in [0.25, 0.3) is 0 Å². The van der Waals surface area contributed by atoms with Crippen LogP contribution < -0.4 is 5.32 Å². The van der Waals surface area contributed by atoms with Crippen LogP contribution in [0, 0.1) is 0 Å². The summed E-state index contributed by atoms with van der Waals surface area (Å²) in [5.41, 5.74) is 8.98. The molecular formula is C27H41NP2. The van der Waals surface area contributed by atoms with Gasteiger partial charge in [-0.25, -0.2) is 0 Å². The van der Waals surface area contributed by atoms with Crippen molar-refractivity contribution >= 4 is 27.2 Å². The maximum absolute atomic E-state index is 3.98. The van der Waals surface area contributed by atoms with Crippen molar-refractivity contribution in [1.29, 1.82) is 0 Å². The molecule has 1 aliphatic rings. The Kier molecular flexibility index (Phi) is 9.67. The fourth-order valence-corrected chi connectivity index (χ4v) is 9.90. The van der Waals surface area contributed by atoms with Gasteiger partial charge in [0.2, 0.25) is 0 Å². The first-order valence-corrected chi connectivity index (χ1v) is 15.9. The van der Waals surface area contributed by atoms with Gasteiger partial charge in [0.15, 0.2) is 0 Å². The van der Waals surface area contributed by atoms with Crippen molar-refractivity contribution in [2.45, 2.75) is 72.1 Å². The fourth-order valence-electron chi connectivity index (χ4n) is 4.80. The van der Waals surface area contributed by atoms with Gasteiger partial charge >= 0.3 is 0 Å². The molecule has 3 rings (SSSR count). The average Bonchev–Trinajstić information content (AvgIpc) is 2.74. The summed E-state index contributed by atoms with van der Waals surface area (Å²) < 4.78 is 0. The number of rotatable bonds is 12. The number of benzene rings is 2. The molecule has 1 heterocycles. The molecule has 0 atom stereocenters. The van der Waals surface area contributed by atoms with Crippen molar-refractivity contribution in [2.24, 2.45) is 0 Å². The monoisotopic (exact) mass is 441 g/mol. The lowest BCUT2D eigenvalue weighted by molar-refractivity contribution is 1.04. The summed E-state index contributed by atoms with van der Waals surface area (Å²) in [6.45, 7) is 9.38. The highest BCUT2D eigenvalue weighted by molar-refractivity contribution is 7.57. The van der Waals surface area contributed by atoms with Crippen molar-refractivity contribution in [2.75, 3.05) is 30.0 Å². The zero-order valence-electron chi connectivity index (χ0n) is 19.6.